The number of nitrogens with zero attached hydrogens (tertiary/aromatic N) is 1. The van der Waals surface area contributed by atoms with Crippen molar-refractivity contribution in [3.63, 3.8) is 0 Å². The Labute approximate surface area is 213 Å². The van der Waals surface area contributed by atoms with Crippen LogP contribution in [0.1, 0.15) is 36.0 Å². The molecule has 0 saturated carbocycles. The maximum Gasteiger partial charge on any atom is 0.243 e. The van der Waals surface area contributed by atoms with E-state index in [4.69, 9.17) is 19.4 Å². The summed E-state index contributed by atoms with van der Waals surface area (Å²) in [5.41, 5.74) is 7.29. The van der Waals surface area contributed by atoms with Gasteiger partial charge < -0.3 is 19.1 Å². The number of hydroxylamine groups is 1. The number of hydrogen-bond acceptors (Lipinski definition) is 6. The summed E-state index contributed by atoms with van der Waals surface area (Å²) < 4.78 is 17.6. The van der Waals surface area contributed by atoms with Gasteiger partial charge in [0.05, 0.1) is 19.8 Å². The molecule has 0 spiro atoms. The highest BCUT2D eigenvalue weighted by Crippen LogP contribution is 2.35. The zero-order valence-electron chi connectivity index (χ0n) is 21.5. The molecular formula is C29H36N2O5. The van der Waals surface area contributed by atoms with Crippen LogP contribution in [0.25, 0.3) is 11.1 Å². The number of methoxy groups -OCH3 is 2. The quantitative estimate of drug-likeness (QED) is 0.190. The molecule has 192 valence electrons. The van der Waals surface area contributed by atoms with Gasteiger partial charge in [0.2, 0.25) is 5.91 Å². The lowest BCUT2D eigenvalue weighted by Crippen LogP contribution is -2.21. The SMILES string of the molecule is COc1cc(OCc2cccc(-c3ccccc3)c2C)cc(OC)c1CN(C)CCCCC(=O)NO. The van der Waals surface area contributed by atoms with E-state index in [2.05, 4.69) is 42.2 Å². The van der Waals surface area contributed by atoms with Gasteiger partial charge in [-0.3, -0.25) is 10.0 Å². The van der Waals surface area contributed by atoms with Crippen molar-refractivity contribution < 1.29 is 24.2 Å². The van der Waals surface area contributed by atoms with Crippen LogP contribution < -0.4 is 19.7 Å². The Kier molecular flexibility index (Phi) is 10.2. The van der Waals surface area contributed by atoms with Gasteiger partial charge in [-0.15, -0.1) is 0 Å². The molecule has 0 aliphatic rings. The van der Waals surface area contributed by atoms with Crippen LogP contribution in [0, 0.1) is 6.92 Å². The molecule has 0 bridgehead atoms. The molecule has 0 aliphatic carbocycles. The summed E-state index contributed by atoms with van der Waals surface area (Å²) in [6, 6.07) is 20.4. The minimum Gasteiger partial charge on any atom is -0.496 e. The number of ether oxygens (including phenoxy) is 3. The zero-order chi connectivity index (χ0) is 25.9. The van der Waals surface area contributed by atoms with E-state index >= 15 is 0 Å². The molecule has 0 heterocycles. The van der Waals surface area contributed by atoms with Crippen molar-refractivity contribution in [2.45, 2.75) is 39.3 Å². The third kappa shape index (κ3) is 7.23. The third-order valence-corrected chi connectivity index (χ3v) is 6.25. The van der Waals surface area contributed by atoms with Gasteiger partial charge in [0, 0.05) is 25.1 Å². The van der Waals surface area contributed by atoms with Crippen molar-refractivity contribution in [2.75, 3.05) is 27.8 Å². The highest BCUT2D eigenvalue weighted by Gasteiger charge is 2.16. The van der Waals surface area contributed by atoms with E-state index in [9.17, 15) is 4.79 Å². The topological polar surface area (TPSA) is 80.3 Å². The number of benzene rings is 3. The maximum absolute atomic E-state index is 11.2. The average molecular weight is 493 g/mol. The standard InChI is InChI=1S/C29H36N2O5/c1-21-23(13-10-14-25(21)22-11-6-5-7-12-22)20-36-24-17-27(34-3)26(28(18-24)35-4)19-31(2)16-9-8-15-29(32)30-33/h5-7,10-14,17-18,33H,8-9,15-16,19-20H2,1-4H3,(H,30,32). The summed E-state index contributed by atoms with van der Waals surface area (Å²) in [7, 11) is 5.30. The van der Waals surface area contributed by atoms with Crippen molar-refractivity contribution in [1.82, 2.24) is 10.4 Å². The third-order valence-electron chi connectivity index (χ3n) is 6.25. The van der Waals surface area contributed by atoms with Crippen molar-refractivity contribution >= 4 is 5.91 Å². The number of amides is 1. The van der Waals surface area contributed by atoms with Gasteiger partial charge in [0.15, 0.2) is 0 Å². The first-order valence-electron chi connectivity index (χ1n) is 12.1. The number of carbonyl (C=O) groups is 1. The summed E-state index contributed by atoms with van der Waals surface area (Å²) in [4.78, 5) is 13.3. The molecule has 0 aliphatic heterocycles. The first-order chi connectivity index (χ1) is 17.5. The minimum atomic E-state index is -0.362. The molecule has 36 heavy (non-hydrogen) atoms. The fourth-order valence-electron chi connectivity index (χ4n) is 4.20. The first-order valence-corrected chi connectivity index (χ1v) is 12.1. The molecule has 0 atom stereocenters. The fraction of sp³-hybridized carbons (Fsp3) is 0.345. The van der Waals surface area contributed by atoms with Crippen LogP contribution in [-0.2, 0) is 17.9 Å². The maximum atomic E-state index is 11.2. The normalized spacial score (nSPS) is 10.8. The first kappa shape index (κ1) is 27.0. The predicted octanol–water partition coefficient (Wildman–Crippen LogP) is 5.37. The molecule has 2 N–H and O–H groups in total. The van der Waals surface area contributed by atoms with E-state index < -0.39 is 0 Å². The smallest absolute Gasteiger partial charge is 0.243 e. The van der Waals surface area contributed by atoms with Crippen LogP contribution in [0.4, 0.5) is 0 Å². The van der Waals surface area contributed by atoms with Crippen LogP contribution in [0.15, 0.2) is 60.7 Å². The second-order valence-corrected chi connectivity index (χ2v) is 8.78. The van der Waals surface area contributed by atoms with Crippen LogP contribution in [0.5, 0.6) is 17.2 Å². The Hall–Kier alpha value is -3.55. The van der Waals surface area contributed by atoms with Gasteiger partial charge in [0.25, 0.3) is 0 Å². The molecule has 7 heteroatoms. The second-order valence-electron chi connectivity index (χ2n) is 8.78. The Morgan fingerprint density at radius 3 is 2.31 bits per heavy atom. The molecule has 0 aromatic heterocycles. The Morgan fingerprint density at radius 1 is 0.972 bits per heavy atom. The van der Waals surface area contributed by atoms with Gasteiger partial charge in [-0.1, -0.05) is 48.5 Å². The Bertz CT molecular complexity index is 1110. The molecule has 1 amide bonds. The monoisotopic (exact) mass is 492 g/mol. The van der Waals surface area contributed by atoms with Gasteiger partial charge in [-0.2, -0.15) is 0 Å². The number of nitrogens with one attached hydrogen (secondary N) is 1. The summed E-state index contributed by atoms with van der Waals surface area (Å²) in [5.74, 6) is 1.71. The highest BCUT2D eigenvalue weighted by molar-refractivity contribution is 5.74. The molecule has 0 unspecified atom stereocenters. The Morgan fingerprint density at radius 2 is 1.67 bits per heavy atom. The van der Waals surface area contributed by atoms with E-state index in [1.54, 1.807) is 19.7 Å². The largest absolute Gasteiger partial charge is 0.496 e. The molecule has 7 nitrogen and oxygen atoms in total. The van der Waals surface area contributed by atoms with E-state index in [0.717, 1.165) is 24.1 Å². The van der Waals surface area contributed by atoms with Crippen molar-refractivity contribution in [2.24, 2.45) is 0 Å². The van der Waals surface area contributed by atoms with Gasteiger partial charge in [-0.05, 0) is 55.6 Å². The zero-order valence-corrected chi connectivity index (χ0v) is 21.5. The summed E-state index contributed by atoms with van der Waals surface area (Å²) in [5, 5.41) is 8.60. The molecule has 0 radical (unpaired) electrons. The number of rotatable bonds is 13. The minimum absolute atomic E-state index is 0.302. The molecule has 0 fully saturated rings. The Balaban J connectivity index is 1.69. The number of carbonyl (C=O) groups excluding carboxylic acids is 1. The second kappa shape index (κ2) is 13.5. The van der Waals surface area contributed by atoms with Gasteiger partial charge >= 0.3 is 0 Å². The molecule has 3 rings (SSSR count). The van der Waals surface area contributed by atoms with Gasteiger partial charge in [-0.25, -0.2) is 5.48 Å². The highest BCUT2D eigenvalue weighted by atomic mass is 16.5. The van der Waals surface area contributed by atoms with Crippen LogP contribution in [-0.4, -0.2) is 43.8 Å². The van der Waals surface area contributed by atoms with Crippen molar-refractivity contribution in [3.05, 3.63) is 77.4 Å². The summed E-state index contributed by atoms with van der Waals surface area (Å²) in [6.07, 6.45) is 1.83. The molecule has 0 saturated heterocycles. The number of unbranched alkanes of at least 4 members (excludes halogenated alkanes) is 1. The van der Waals surface area contributed by atoms with Crippen LogP contribution in [0.3, 0.4) is 0 Å². The van der Waals surface area contributed by atoms with Crippen molar-refractivity contribution in [1.29, 1.82) is 0 Å². The molecule has 3 aromatic carbocycles. The molecule has 3 aromatic rings. The van der Waals surface area contributed by atoms with E-state index in [1.807, 2.05) is 37.4 Å². The van der Waals surface area contributed by atoms with Gasteiger partial charge in [0.1, 0.15) is 23.9 Å². The van der Waals surface area contributed by atoms with E-state index in [0.29, 0.717) is 43.2 Å². The van der Waals surface area contributed by atoms with E-state index in [-0.39, 0.29) is 5.91 Å². The van der Waals surface area contributed by atoms with Crippen molar-refractivity contribution in [3.8, 4) is 28.4 Å². The fourth-order valence-corrected chi connectivity index (χ4v) is 4.20. The lowest BCUT2D eigenvalue weighted by atomic mass is 9.97. The lowest BCUT2D eigenvalue weighted by molar-refractivity contribution is -0.129. The number of hydrogen-bond donors (Lipinski definition) is 2. The van der Waals surface area contributed by atoms with Crippen LogP contribution >= 0.6 is 0 Å². The lowest BCUT2D eigenvalue weighted by Gasteiger charge is -2.21. The molecular weight excluding hydrogens is 456 g/mol. The van der Waals surface area contributed by atoms with E-state index in [1.165, 1.54) is 16.7 Å². The predicted molar refractivity (Wildman–Crippen MR) is 141 cm³/mol. The average Bonchev–Trinajstić information content (AvgIpc) is 2.91. The summed E-state index contributed by atoms with van der Waals surface area (Å²) in [6.45, 7) is 3.97. The summed E-state index contributed by atoms with van der Waals surface area (Å²) >= 11 is 0. The van der Waals surface area contributed by atoms with Crippen LogP contribution in [0.2, 0.25) is 0 Å².